The molecule has 26 heteroatoms. The van der Waals surface area contributed by atoms with Crippen LogP contribution in [0.25, 0.3) is 27.6 Å². The maximum absolute atomic E-state index is 15.6. The zero-order valence-electron chi connectivity index (χ0n) is 35.1. The van der Waals surface area contributed by atoms with Gasteiger partial charge in [-0.3, -0.25) is 28.2 Å². The smallest absolute Gasteiger partial charge is 0.372 e. The molecule has 1 aliphatic heterocycles. The number of nitrogens with one attached hydrogen (secondary N) is 2. The Morgan fingerprint density at radius 2 is 1.69 bits per heavy atom. The minimum Gasteiger partial charge on any atom is -0.372 e. The molecular weight excluding hydrogens is 951 g/mol. The van der Waals surface area contributed by atoms with Gasteiger partial charge in [0.2, 0.25) is 15.9 Å². The van der Waals surface area contributed by atoms with Crippen molar-refractivity contribution < 1.29 is 57.5 Å². The van der Waals surface area contributed by atoms with Crippen molar-refractivity contribution in [1.82, 2.24) is 39.4 Å². The topological polar surface area (TPSA) is 171 Å². The van der Waals surface area contributed by atoms with E-state index in [1.54, 1.807) is 0 Å². The second kappa shape index (κ2) is 16.4. The number of carbonyl (C=O) groups is 1. The van der Waals surface area contributed by atoms with Crippen molar-refractivity contribution in [2.24, 2.45) is 5.92 Å². The lowest BCUT2D eigenvalue weighted by Gasteiger charge is -2.36. The summed E-state index contributed by atoms with van der Waals surface area (Å²) in [6.45, 7) is 1.36. The number of sulfonamides is 1. The summed E-state index contributed by atoms with van der Waals surface area (Å²) in [6, 6.07) is 5.54. The van der Waals surface area contributed by atoms with Crippen LogP contribution < -0.4 is 20.5 Å². The standard InChI is InChI=1S/C41H36ClF9N10O5S/c1-17-13-58(14-18(2)66-17)28-7-4-22-36(53-28)54-38(61(39(22)63)27-6-5-25(42)31-33(27)60(16-40(47,48)49)56-37(31)57-67(3,64)65)26(10-19-8-20(43)11-21(44)9-19)52-29(62)15-59-34-30(32(55-59)35(45)46)23-12-24(23)41(34,50)51/h4-9,11,17-18,23-24,26,35H,10,12-16H2,1-3H3,(H,52,62)(H,56,57)/t17-,18+,23-,24+,26-/m0/s1. The Morgan fingerprint density at radius 3 is 2.33 bits per heavy atom. The average molecular weight is 987 g/mol. The predicted molar refractivity (Wildman–Crippen MR) is 223 cm³/mol. The molecule has 2 aliphatic carbocycles. The number of fused-ring (bicyclic) bond motifs is 5. The van der Waals surface area contributed by atoms with Gasteiger partial charge in [-0.2, -0.15) is 32.1 Å². The molecule has 2 N–H and O–H groups in total. The largest absolute Gasteiger partial charge is 0.408 e. The number of benzene rings is 2. The van der Waals surface area contributed by atoms with E-state index in [9.17, 15) is 43.9 Å². The molecule has 1 amide bonds. The fourth-order valence-corrected chi connectivity index (χ4v) is 9.92. The quantitative estimate of drug-likeness (QED) is 0.121. The summed E-state index contributed by atoms with van der Waals surface area (Å²) >= 11 is 6.53. The molecule has 9 rings (SSSR count). The highest BCUT2D eigenvalue weighted by atomic mass is 35.5. The lowest BCUT2D eigenvalue weighted by molar-refractivity contribution is -0.141. The molecule has 15 nitrogen and oxygen atoms in total. The van der Waals surface area contributed by atoms with Gasteiger partial charge in [-0.1, -0.05) is 11.6 Å². The summed E-state index contributed by atoms with van der Waals surface area (Å²) in [4.78, 5) is 40.5. The summed E-state index contributed by atoms with van der Waals surface area (Å²) in [6.07, 6.45) is -8.85. The summed E-state index contributed by atoms with van der Waals surface area (Å²) < 4.78 is 166. The summed E-state index contributed by atoms with van der Waals surface area (Å²) in [5.74, 6) is -10.1. The number of halogens is 10. The van der Waals surface area contributed by atoms with Crippen LogP contribution in [0.5, 0.6) is 0 Å². The Kier molecular flexibility index (Phi) is 11.3. The number of anilines is 2. The zero-order chi connectivity index (χ0) is 48.2. The molecule has 5 heterocycles. The number of pyridine rings is 1. The van der Waals surface area contributed by atoms with Crippen LogP contribution in [0.2, 0.25) is 5.02 Å². The summed E-state index contributed by atoms with van der Waals surface area (Å²) in [5.41, 5.74) is -4.74. The van der Waals surface area contributed by atoms with Gasteiger partial charge in [-0.15, -0.1) is 0 Å². The summed E-state index contributed by atoms with van der Waals surface area (Å²) in [5, 5.41) is 9.10. The molecule has 1 saturated heterocycles. The first kappa shape index (κ1) is 46.2. The Balaban J connectivity index is 1.28. The van der Waals surface area contributed by atoms with E-state index in [1.807, 2.05) is 23.5 Å². The number of amides is 1. The maximum Gasteiger partial charge on any atom is 0.408 e. The molecule has 5 atom stereocenters. The maximum atomic E-state index is 15.6. The highest BCUT2D eigenvalue weighted by Gasteiger charge is 2.67. The van der Waals surface area contributed by atoms with Crippen LogP contribution in [0.3, 0.4) is 0 Å². The molecule has 1 saturated carbocycles. The second-order valence-corrected chi connectivity index (χ2v) is 19.0. The monoisotopic (exact) mass is 986 g/mol. The van der Waals surface area contributed by atoms with Crippen molar-refractivity contribution in [2.75, 3.05) is 29.0 Å². The third kappa shape index (κ3) is 8.75. The predicted octanol–water partition coefficient (Wildman–Crippen LogP) is 7.05. The van der Waals surface area contributed by atoms with Crippen LogP contribution in [0.1, 0.15) is 67.0 Å². The molecule has 3 aliphatic rings. The van der Waals surface area contributed by atoms with Crippen LogP contribution in [-0.2, 0) is 45.0 Å². The number of rotatable bonds is 12. The van der Waals surface area contributed by atoms with Gasteiger partial charge >= 0.3 is 6.18 Å². The van der Waals surface area contributed by atoms with Crippen LogP contribution in [0.15, 0.2) is 47.3 Å². The first-order chi connectivity index (χ1) is 31.4. The molecule has 2 aromatic carbocycles. The fourth-order valence-electron chi connectivity index (χ4n) is 9.18. The molecule has 4 aromatic heterocycles. The Labute approximate surface area is 377 Å². The number of alkyl halides is 7. The van der Waals surface area contributed by atoms with Crippen LogP contribution in [0.4, 0.5) is 51.1 Å². The lowest BCUT2D eigenvalue weighted by Crippen LogP contribution is -2.45. The lowest BCUT2D eigenvalue weighted by atomic mass is 10.0. The highest BCUT2D eigenvalue weighted by molar-refractivity contribution is 7.92. The average Bonchev–Trinajstić information content (AvgIpc) is 3.73. The Hall–Kier alpha value is -5.95. The molecule has 6 aromatic rings. The number of hydrogen-bond acceptors (Lipinski definition) is 10. The van der Waals surface area contributed by atoms with E-state index in [0.29, 0.717) is 40.6 Å². The van der Waals surface area contributed by atoms with Gasteiger partial charge in [0, 0.05) is 37.1 Å². The van der Waals surface area contributed by atoms with Crippen molar-refractivity contribution in [3.63, 3.8) is 0 Å². The minimum atomic E-state index is -5.02. The van der Waals surface area contributed by atoms with Crippen molar-refractivity contribution >= 4 is 61.1 Å². The molecule has 356 valence electrons. The van der Waals surface area contributed by atoms with E-state index in [4.69, 9.17) is 16.3 Å². The van der Waals surface area contributed by atoms with Gasteiger partial charge in [0.1, 0.15) is 47.8 Å². The molecule has 0 bridgehead atoms. The van der Waals surface area contributed by atoms with E-state index in [-0.39, 0.29) is 45.8 Å². The van der Waals surface area contributed by atoms with Gasteiger partial charge in [0.15, 0.2) is 11.5 Å². The van der Waals surface area contributed by atoms with Crippen molar-refractivity contribution in [2.45, 2.75) is 82.5 Å². The number of ether oxygens (including phenoxy) is 1. The number of carbonyl (C=O) groups excluding carboxylic acids is 1. The molecule has 0 unspecified atom stereocenters. The third-order valence-electron chi connectivity index (χ3n) is 11.6. The van der Waals surface area contributed by atoms with E-state index < -0.39 is 129 Å². The van der Waals surface area contributed by atoms with Gasteiger partial charge in [0.05, 0.1) is 51.5 Å². The van der Waals surface area contributed by atoms with E-state index in [0.717, 1.165) is 28.8 Å². The van der Waals surface area contributed by atoms with Crippen LogP contribution >= 0.6 is 11.6 Å². The number of aromatic nitrogens is 7. The fraction of sp³-hybridized carbons (Fsp3) is 0.415. The van der Waals surface area contributed by atoms with Crippen molar-refractivity contribution in [3.8, 4) is 5.69 Å². The number of nitrogens with zero attached hydrogens (tertiary/aromatic N) is 8. The zero-order valence-corrected chi connectivity index (χ0v) is 36.6. The van der Waals surface area contributed by atoms with E-state index in [1.165, 1.54) is 12.1 Å². The molecule has 67 heavy (non-hydrogen) atoms. The van der Waals surface area contributed by atoms with Crippen molar-refractivity contribution in [1.29, 1.82) is 0 Å². The van der Waals surface area contributed by atoms with Gasteiger partial charge in [0.25, 0.3) is 17.9 Å². The second-order valence-electron chi connectivity index (χ2n) is 16.9. The van der Waals surface area contributed by atoms with E-state index in [2.05, 4.69) is 25.5 Å². The van der Waals surface area contributed by atoms with Gasteiger partial charge in [-0.25, -0.2) is 35.9 Å². The molecule has 0 spiro atoms. The minimum absolute atomic E-state index is 0.0694. The van der Waals surface area contributed by atoms with E-state index >= 15 is 13.6 Å². The normalized spacial score (nSPS) is 20.7. The summed E-state index contributed by atoms with van der Waals surface area (Å²) in [7, 11) is -4.24. The SMILES string of the molecule is C[C@@H]1CN(c2ccc3c(=O)n(-c4ccc(Cl)c5c(NS(C)(=O)=O)nn(CC(F)(F)F)c45)c([C@H](Cc4cc(F)cc(F)c4)NC(=O)Cn4nc(C(F)F)c5c4C(F)(F)[C@@H]4C[C@H]54)nc3n2)C[C@H](C)O1. The first-order valence-electron chi connectivity index (χ1n) is 20.5. The molecular formula is C41H36ClF9N10O5S. The molecule has 0 radical (unpaired) electrons. The van der Waals surface area contributed by atoms with Crippen LogP contribution in [0, 0.1) is 17.6 Å². The Morgan fingerprint density at radius 1 is 1.00 bits per heavy atom. The van der Waals surface area contributed by atoms with Gasteiger partial charge in [-0.05, 0) is 68.1 Å². The van der Waals surface area contributed by atoms with Crippen molar-refractivity contribution in [3.05, 3.63) is 97.8 Å². The molecule has 2 fully saturated rings. The number of morpholine rings is 1. The Bertz CT molecular complexity index is 3150. The number of hydrogen-bond donors (Lipinski definition) is 2. The van der Waals surface area contributed by atoms with Crippen LogP contribution in [-0.4, -0.2) is 86.2 Å². The highest BCUT2D eigenvalue weighted by Crippen LogP contribution is 2.68. The first-order valence-corrected chi connectivity index (χ1v) is 22.7. The van der Waals surface area contributed by atoms with Gasteiger partial charge < -0.3 is 15.0 Å². The third-order valence-corrected chi connectivity index (χ3v) is 12.5.